The second-order valence-electron chi connectivity index (χ2n) is 15.5. The van der Waals surface area contributed by atoms with Gasteiger partial charge in [0.05, 0.1) is 0 Å². The molecule has 0 aromatic heterocycles. The third-order valence-electron chi connectivity index (χ3n) is 9.75. The fraction of sp³-hybridized carbons (Fsp3) is 0.905. The number of nitrogens with one attached hydrogen (secondary N) is 6. The van der Waals surface area contributed by atoms with Gasteiger partial charge in [-0.05, 0) is 79.1 Å². The Hall–Kier alpha value is -2.33. The Balaban J connectivity index is 4.17. The van der Waals surface area contributed by atoms with Gasteiger partial charge in [-0.3, -0.25) is 9.59 Å². The first-order valence-electron chi connectivity index (χ1n) is 23.3. The number of rotatable bonds is 39. The van der Waals surface area contributed by atoms with E-state index in [1.807, 2.05) is 69.2 Å². The second-order valence-corrected chi connectivity index (χ2v) is 21.0. The maximum Gasteiger partial charge on any atom is 0.500 e. The van der Waals surface area contributed by atoms with Gasteiger partial charge in [0.15, 0.2) is 0 Å². The Bertz CT molecular complexity index is 1010. The van der Waals surface area contributed by atoms with Crippen LogP contribution in [0.2, 0.25) is 12.1 Å². The number of hydrogen-bond donors (Lipinski definition) is 6. The van der Waals surface area contributed by atoms with Gasteiger partial charge in [0.2, 0.25) is 11.8 Å². The molecule has 0 saturated carbocycles. The van der Waals surface area contributed by atoms with E-state index in [0.29, 0.717) is 90.8 Å². The quantitative estimate of drug-likeness (QED) is 0.0288. The van der Waals surface area contributed by atoms with Crippen LogP contribution in [0.5, 0.6) is 0 Å². The summed E-state index contributed by atoms with van der Waals surface area (Å²) in [5, 5.41) is 17.4. The number of amides is 6. The summed E-state index contributed by atoms with van der Waals surface area (Å²) >= 11 is 0. The van der Waals surface area contributed by atoms with Gasteiger partial charge in [-0.1, -0.05) is 79.1 Å². The summed E-state index contributed by atoms with van der Waals surface area (Å²) in [5.41, 5.74) is 0. The van der Waals surface area contributed by atoms with Crippen molar-refractivity contribution in [3.8, 4) is 0 Å². The smallest absolute Gasteiger partial charge is 0.374 e. The van der Waals surface area contributed by atoms with E-state index in [2.05, 4.69) is 31.9 Å². The zero-order chi connectivity index (χ0) is 45.1. The molecule has 0 aromatic carbocycles. The van der Waals surface area contributed by atoms with Crippen LogP contribution in [0.1, 0.15) is 146 Å². The molecular formula is C42H88N6O10Si2. The van der Waals surface area contributed by atoms with Crippen molar-refractivity contribution in [3.63, 3.8) is 0 Å². The Kier molecular flexibility index (Phi) is 34.8. The maximum absolute atomic E-state index is 12.9. The van der Waals surface area contributed by atoms with Gasteiger partial charge >= 0.3 is 29.7 Å². The molecule has 0 aliphatic carbocycles. The maximum atomic E-state index is 12.9. The molecular weight excluding hydrogens is 805 g/mol. The molecule has 0 bridgehead atoms. The van der Waals surface area contributed by atoms with E-state index >= 15 is 0 Å². The Morgan fingerprint density at radius 2 is 0.633 bits per heavy atom. The lowest BCUT2D eigenvalue weighted by Gasteiger charge is -2.28. The van der Waals surface area contributed by atoms with Crippen molar-refractivity contribution < 1.29 is 45.7 Å². The van der Waals surface area contributed by atoms with Crippen LogP contribution in [0, 0.1) is 11.8 Å². The third-order valence-corrected chi connectivity index (χ3v) is 16.1. The molecule has 0 rings (SSSR count). The minimum atomic E-state index is -2.76. The van der Waals surface area contributed by atoms with Gasteiger partial charge < -0.3 is 58.5 Å². The molecule has 18 heteroatoms. The number of unbranched alkanes of at least 4 members (excludes halogenated alkanes) is 9. The molecule has 0 saturated heterocycles. The fourth-order valence-electron chi connectivity index (χ4n) is 6.78. The molecule has 0 aliphatic rings. The van der Waals surface area contributed by atoms with Crippen molar-refractivity contribution in [2.24, 2.45) is 11.8 Å². The predicted octanol–water partition coefficient (Wildman–Crippen LogP) is 6.64. The van der Waals surface area contributed by atoms with Gasteiger partial charge in [0, 0.05) is 77.9 Å². The van der Waals surface area contributed by atoms with E-state index in [1.54, 1.807) is 0 Å². The summed E-state index contributed by atoms with van der Waals surface area (Å²) in [6.07, 6.45) is 12.1. The van der Waals surface area contributed by atoms with Gasteiger partial charge in [0.25, 0.3) is 0 Å². The van der Waals surface area contributed by atoms with E-state index in [0.717, 1.165) is 51.4 Å². The average Bonchev–Trinajstić information content (AvgIpc) is 3.19. The second kappa shape index (κ2) is 36.2. The summed E-state index contributed by atoms with van der Waals surface area (Å²) < 4.78 is 35.3. The van der Waals surface area contributed by atoms with E-state index < -0.39 is 29.7 Å². The predicted molar refractivity (Wildman–Crippen MR) is 243 cm³/mol. The van der Waals surface area contributed by atoms with Crippen molar-refractivity contribution in [2.45, 2.75) is 170 Å². The number of hydrogen-bond acceptors (Lipinski definition) is 10. The Morgan fingerprint density at radius 3 is 0.883 bits per heavy atom. The SMILES string of the molecule is CCO[Si](CCCNC(=O)N[C@@H](C(=O)NCCCCCCCCCCCCNC(=O)[C@H](NC(=O)NCCC[Si](OCC)(OCC)OCC)C(C)C)C(C)C)(OCC)OCC. The van der Waals surface area contributed by atoms with E-state index in [4.69, 9.17) is 26.6 Å². The lowest BCUT2D eigenvalue weighted by molar-refractivity contribution is -0.124. The molecule has 0 fully saturated rings. The van der Waals surface area contributed by atoms with Crippen molar-refractivity contribution in [1.82, 2.24) is 31.9 Å². The number of urea groups is 2. The van der Waals surface area contributed by atoms with Crippen LogP contribution in [-0.2, 0) is 36.1 Å². The molecule has 0 aromatic rings. The zero-order valence-corrected chi connectivity index (χ0v) is 41.4. The highest BCUT2D eigenvalue weighted by Crippen LogP contribution is 2.19. The third kappa shape index (κ3) is 26.9. The molecule has 0 spiro atoms. The van der Waals surface area contributed by atoms with Gasteiger partial charge in [-0.15, -0.1) is 0 Å². The first-order valence-corrected chi connectivity index (χ1v) is 27.1. The van der Waals surface area contributed by atoms with Gasteiger partial charge in [0.1, 0.15) is 12.1 Å². The van der Waals surface area contributed by atoms with Crippen LogP contribution in [0.15, 0.2) is 0 Å². The first kappa shape index (κ1) is 57.7. The van der Waals surface area contributed by atoms with E-state index in [-0.39, 0.29) is 35.7 Å². The summed E-state index contributed by atoms with van der Waals surface area (Å²) in [4.78, 5) is 51.0. The zero-order valence-electron chi connectivity index (χ0n) is 39.4. The molecule has 0 radical (unpaired) electrons. The number of carbonyl (C=O) groups excluding carboxylic acids is 4. The van der Waals surface area contributed by atoms with E-state index in [1.165, 1.54) is 12.8 Å². The molecule has 16 nitrogen and oxygen atoms in total. The Labute approximate surface area is 366 Å². The van der Waals surface area contributed by atoms with Crippen LogP contribution >= 0.6 is 0 Å². The highest BCUT2D eigenvalue weighted by atomic mass is 28.4. The van der Waals surface area contributed by atoms with Crippen molar-refractivity contribution in [2.75, 3.05) is 65.8 Å². The lowest BCUT2D eigenvalue weighted by Crippen LogP contribution is -2.53. The molecule has 6 N–H and O–H groups in total. The minimum absolute atomic E-state index is 0.0539. The average molecular weight is 893 g/mol. The molecule has 2 atom stereocenters. The summed E-state index contributed by atoms with van der Waals surface area (Å²) in [6.45, 7) is 24.3. The highest BCUT2D eigenvalue weighted by molar-refractivity contribution is 6.61. The van der Waals surface area contributed by atoms with Crippen molar-refractivity contribution in [1.29, 1.82) is 0 Å². The molecule has 0 aliphatic heterocycles. The summed E-state index contributed by atoms with van der Waals surface area (Å²) in [5.74, 6) is -0.434. The van der Waals surface area contributed by atoms with Crippen LogP contribution in [-0.4, -0.2) is 119 Å². The molecule has 60 heavy (non-hydrogen) atoms. The van der Waals surface area contributed by atoms with Gasteiger partial charge in [-0.25, -0.2) is 9.59 Å². The van der Waals surface area contributed by atoms with Crippen LogP contribution in [0.3, 0.4) is 0 Å². The van der Waals surface area contributed by atoms with Crippen LogP contribution < -0.4 is 31.9 Å². The van der Waals surface area contributed by atoms with Crippen LogP contribution in [0.4, 0.5) is 9.59 Å². The normalized spacial score (nSPS) is 12.9. The molecule has 0 unspecified atom stereocenters. The van der Waals surface area contributed by atoms with Crippen molar-refractivity contribution >= 4 is 41.5 Å². The van der Waals surface area contributed by atoms with Gasteiger partial charge in [-0.2, -0.15) is 0 Å². The summed E-state index contributed by atoms with van der Waals surface area (Å²) in [6, 6.07) is -0.752. The lowest BCUT2D eigenvalue weighted by atomic mass is 10.0. The molecule has 6 amide bonds. The first-order chi connectivity index (χ1) is 28.8. The Morgan fingerprint density at radius 1 is 0.383 bits per heavy atom. The molecule has 0 heterocycles. The highest BCUT2D eigenvalue weighted by Gasteiger charge is 2.40. The summed E-state index contributed by atoms with van der Waals surface area (Å²) in [7, 11) is -5.52. The monoisotopic (exact) mass is 893 g/mol. The number of carbonyl (C=O) groups is 4. The van der Waals surface area contributed by atoms with E-state index in [9.17, 15) is 19.2 Å². The fourth-order valence-corrected chi connectivity index (χ4v) is 12.0. The molecule has 354 valence electrons. The standard InChI is InChI=1S/C42H88N6O10Si2/c1-11-53-59(54-12-2,55-13-3)33-27-31-45-41(51)47-37(35(7)8)39(49)43-29-25-23-21-19-17-18-20-22-24-26-30-44-40(50)38(36(9)10)48-42(52)46-32-28-34-60(56-14-4,57-15-5)58-16-6/h35-38H,11-34H2,1-10H3,(H,43,49)(H,44,50)(H2,45,47,51)(H2,46,48,52)/t37-,38-/m1/s1. The minimum Gasteiger partial charge on any atom is -0.374 e. The topological polar surface area (TPSA) is 196 Å². The van der Waals surface area contributed by atoms with Crippen LogP contribution in [0.25, 0.3) is 0 Å². The largest absolute Gasteiger partial charge is 0.500 e. The van der Waals surface area contributed by atoms with Crippen molar-refractivity contribution in [3.05, 3.63) is 0 Å².